The molecule has 0 radical (unpaired) electrons. The Hall–Kier alpha value is -0.970. The summed E-state index contributed by atoms with van der Waals surface area (Å²) in [5.74, 6) is 5.99. The molecule has 1 rings (SSSR count). The summed E-state index contributed by atoms with van der Waals surface area (Å²) in [5.41, 5.74) is 3.84. The van der Waals surface area contributed by atoms with Crippen molar-refractivity contribution in [3.63, 3.8) is 0 Å². The molecule has 0 amide bonds. The van der Waals surface area contributed by atoms with Crippen LogP contribution < -0.4 is 11.3 Å². The fourth-order valence-corrected chi connectivity index (χ4v) is 1.92. The average molecular weight is 223 g/mol. The number of ether oxygens (including phenoxy) is 1. The first-order chi connectivity index (χ1) is 7.69. The van der Waals surface area contributed by atoms with Crippen molar-refractivity contribution in [3.05, 3.63) is 30.1 Å². The van der Waals surface area contributed by atoms with Crippen LogP contribution in [0.25, 0.3) is 0 Å². The Labute approximate surface area is 97.2 Å². The lowest BCUT2D eigenvalue weighted by molar-refractivity contribution is 0.0329. The van der Waals surface area contributed by atoms with Crippen LogP contribution >= 0.6 is 0 Å². The van der Waals surface area contributed by atoms with Crippen molar-refractivity contribution >= 4 is 0 Å². The van der Waals surface area contributed by atoms with Crippen LogP contribution in [0.1, 0.15) is 19.5 Å². The van der Waals surface area contributed by atoms with Crippen LogP contribution in [-0.2, 0) is 11.2 Å². The second kappa shape index (κ2) is 6.58. The van der Waals surface area contributed by atoms with E-state index in [0.29, 0.717) is 5.92 Å². The molecule has 2 unspecified atom stereocenters. The topological polar surface area (TPSA) is 60.2 Å². The van der Waals surface area contributed by atoms with Crippen LogP contribution in [0.4, 0.5) is 0 Å². The van der Waals surface area contributed by atoms with E-state index in [2.05, 4.69) is 24.3 Å². The van der Waals surface area contributed by atoms with E-state index in [9.17, 15) is 0 Å². The molecule has 16 heavy (non-hydrogen) atoms. The molecule has 0 saturated heterocycles. The van der Waals surface area contributed by atoms with Crippen molar-refractivity contribution in [1.82, 2.24) is 10.4 Å². The third-order valence-electron chi connectivity index (χ3n) is 2.70. The van der Waals surface area contributed by atoms with Crippen LogP contribution in [-0.4, -0.2) is 24.2 Å². The maximum Gasteiger partial charge on any atom is 0.0764 e. The van der Waals surface area contributed by atoms with Gasteiger partial charge in [-0.1, -0.05) is 19.9 Å². The summed E-state index contributed by atoms with van der Waals surface area (Å²) in [7, 11) is 1.72. The number of methoxy groups -OCH3 is 1. The van der Waals surface area contributed by atoms with Crippen LogP contribution in [0.2, 0.25) is 0 Å². The number of nitrogens with zero attached hydrogens (tertiary/aromatic N) is 1. The lowest BCUT2D eigenvalue weighted by Crippen LogP contribution is -2.48. The standard InChI is InChI=1S/C12H21N3O/c1-9(2)12(16-3)11(15-13)8-10-6-4-5-7-14-10/h4-7,9,11-12,15H,8,13H2,1-3H3. The van der Waals surface area contributed by atoms with Gasteiger partial charge in [0, 0.05) is 25.4 Å². The van der Waals surface area contributed by atoms with Gasteiger partial charge in [-0.25, -0.2) is 0 Å². The zero-order valence-corrected chi connectivity index (χ0v) is 10.2. The normalized spacial score (nSPS) is 15.1. The van der Waals surface area contributed by atoms with Gasteiger partial charge in [-0.15, -0.1) is 0 Å². The zero-order chi connectivity index (χ0) is 12.0. The molecular weight excluding hydrogens is 202 g/mol. The van der Waals surface area contributed by atoms with E-state index >= 15 is 0 Å². The van der Waals surface area contributed by atoms with Gasteiger partial charge in [0.15, 0.2) is 0 Å². The molecule has 1 heterocycles. The van der Waals surface area contributed by atoms with Gasteiger partial charge in [0.2, 0.25) is 0 Å². The SMILES string of the molecule is COC(C(C)C)C(Cc1ccccn1)NN. The van der Waals surface area contributed by atoms with E-state index < -0.39 is 0 Å². The maximum absolute atomic E-state index is 5.58. The van der Waals surface area contributed by atoms with E-state index in [4.69, 9.17) is 10.6 Å². The van der Waals surface area contributed by atoms with Crippen LogP contribution in [0.3, 0.4) is 0 Å². The molecule has 0 aliphatic rings. The highest BCUT2D eigenvalue weighted by Crippen LogP contribution is 2.13. The number of hydrazine groups is 1. The van der Waals surface area contributed by atoms with E-state index in [1.165, 1.54) is 0 Å². The lowest BCUT2D eigenvalue weighted by Gasteiger charge is -2.28. The van der Waals surface area contributed by atoms with Gasteiger partial charge < -0.3 is 4.74 Å². The Morgan fingerprint density at radius 1 is 1.44 bits per heavy atom. The third-order valence-corrected chi connectivity index (χ3v) is 2.70. The molecule has 0 spiro atoms. The molecule has 0 bridgehead atoms. The Morgan fingerprint density at radius 3 is 2.62 bits per heavy atom. The maximum atomic E-state index is 5.58. The van der Waals surface area contributed by atoms with E-state index in [-0.39, 0.29) is 12.1 Å². The Balaban J connectivity index is 2.68. The number of hydrogen-bond donors (Lipinski definition) is 2. The van der Waals surface area contributed by atoms with E-state index in [1.807, 2.05) is 18.2 Å². The number of pyridine rings is 1. The Bertz CT molecular complexity index is 290. The van der Waals surface area contributed by atoms with E-state index in [1.54, 1.807) is 13.3 Å². The molecule has 1 aromatic rings. The zero-order valence-electron chi connectivity index (χ0n) is 10.2. The predicted octanol–water partition coefficient (Wildman–Crippen LogP) is 1.13. The lowest BCUT2D eigenvalue weighted by atomic mass is 9.96. The number of hydrogen-bond acceptors (Lipinski definition) is 4. The highest BCUT2D eigenvalue weighted by Gasteiger charge is 2.23. The number of nitrogens with two attached hydrogens (primary N) is 1. The number of rotatable bonds is 6. The molecule has 4 heteroatoms. The second-order valence-corrected chi connectivity index (χ2v) is 4.24. The predicted molar refractivity (Wildman–Crippen MR) is 64.7 cm³/mol. The first kappa shape index (κ1) is 13.1. The van der Waals surface area contributed by atoms with Gasteiger partial charge in [-0.2, -0.15) is 0 Å². The largest absolute Gasteiger partial charge is 0.380 e. The van der Waals surface area contributed by atoms with Crippen molar-refractivity contribution in [1.29, 1.82) is 0 Å². The summed E-state index contributed by atoms with van der Waals surface area (Å²) in [5, 5.41) is 0. The third kappa shape index (κ3) is 3.56. The monoisotopic (exact) mass is 223 g/mol. The summed E-state index contributed by atoms with van der Waals surface area (Å²) in [6.07, 6.45) is 2.65. The molecule has 0 aliphatic heterocycles. The summed E-state index contributed by atoms with van der Waals surface area (Å²) >= 11 is 0. The molecule has 3 N–H and O–H groups in total. The van der Waals surface area contributed by atoms with Gasteiger partial charge in [-0.05, 0) is 18.1 Å². The Morgan fingerprint density at radius 2 is 2.19 bits per heavy atom. The minimum Gasteiger partial charge on any atom is -0.380 e. The minimum absolute atomic E-state index is 0.0832. The van der Waals surface area contributed by atoms with Crippen molar-refractivity contribution in [3.8, 4) is 0 Å². The van der Waals surface area contributed by atoms with Gasteiger partial charge in [0.1, 0.15) is 0 Å². The van der Waals surface area contributed by atoms with Crippen molar-refractivity contribution in [2.24, 2.45) is 11.8 Å². The van der Waals surface area contributed by atoms with Crippen molar-refractivity contribution in [2.75, 3.05) is 7.11 Å². The first-order valence-corrected chi connectivity index (χ1v) is 5.57. The summed E-state index contributed by atoms with van der Waals surface area (Å²) < 4.78 is 5.47. The molecule has 0 aromatic carbocycles. The molecule has 90 valence electrons. The molecule has 0 aliphatic carbocycles. The fourth-order valence-electron chi connectivity index (χ4n) is 1.92. The van der Waals surface area contributed by atoms with Crippen LogP contribution in [0.5, 0.6) is 0 Å². The minimum atomic E-state index is 0.0832. The van der Waals surface area contributed by atoms with Gasteiger partial charge in [0.05, 0.1) is 12.1 Å². The number of aromatic nitrogens is 1. The van der Waals surface area contributed by atoms with Gasteiger partial charge in [0.25, 0.3) is 0 Å². The molecule has 1 aromatic heterocycles. The van der Waals surface area contributed by atoms with E-state index in [0.717, 1.165) is 12.1 Å². The molecule has 0 saturated carbocycles. The van der Waals surface area contributed by atoms with Crippen molar-refractivity contribution < 1.29 is 4.74 Å². The molecule has 2 atom stereocenters. The van der Waals surface area contributed by atoms with Crippen molar-refractivity contribution in [2.45, 2.75) is 32.4 Å². The Kier molecular flexibility index (Phi) is 5.38. The smallest absolute Gasteiger partial charge is 0.0764 e. The summed E-state index contributed by atoms with van der Waals surface area (Å²) in [4.78, 5) is 4.29. The highest BCUT2D eigenvalue weighted by molar-refractivity contribution is 5.06. The second-order valence-electron chi connectivity index (χ2n) is 4.24. The summed E-state index contributed by atoms with van der Waals surface area (Å²) in [6.45, 7) is 4.24. The average Bonchev–Trinajstić information content (AvgIpc) is 2.29. The van der Waals surface area contributed by atoms with Crippen LogP contribution in [0, 0.1) is 5.92 Å². The van der Waals surface area contributed by atoms with Gasteiger partial charge in [-0.3, -0.25) is 16.3 Å². The summed E-state index contributed by atoms with van der Waals surface area (Å²) in [6, 6.07) is 5.97. The van der Waals surface area contributed by atoms with Crippen LogP contribution in [0.15, 0.2) is 24.4 Å². The first-order valence-electron chi connectivity index (χ1n) is 5.57. The molecular formula is C12H21N3O. The molecule has 0 fully saturated rings. The molecule has 4 nitrogen and oxygen atoms in total. The fraction of sp³-hybridized carbons (Fsp3) is 0.583. The highest BCUT2D eigenvalue weighted by atomic mass is 16.5. The number of nitrogens with one attached hydrogen (secondary N) is 1. The van der Waals surface area contributed by atoms with Gasteiger partial charge >= 0.3 is 0 Å². The quantitative estimate of drug-likeness (QED) is 0.560.